The largest absolute Gasteiger partial charge is 0.496 e. The molecule has 1 fully saturated rings. The first-order chi connectivity index (χ1) is 11.5. The molecule has 1 aliphatic rings. The third-order valence-corrected chi connectivity index (χ3v) is 4.57. The topological polar surface area (TPSA) is 68.7 Å². The Morgan fingerprint density at radius 2 is 2.17 bits per heavy atom. The fourth-order valence-electron chi connectivity index (χ4n) is 3.29. The second kappa shape index (κ2) is 6.15. The number of hydrogen-bond donors (Lipinski definition) is 1. The van der Waals surface area contributed by atoms with Crippen molar-refractivity contribution in [1.29, 1.82) is 0 Å². The summed E-state index contributed by atoms with van der Waals surface area (Å²) in [6, 6.07) is 11.1. The highest BCUT2D eigenvalue weighted by molar-refractivity contribution is 5.88. The van der Waals surface area contributed by atoms with Crippen LogP contribution in [0.1, 0.15) is 36.1 Å². The number of nitrogens with zero attached hydrogens (tertiary/aromatic N) is 1. The normalized spacial score (nSPS) is 22.0. The highest BCUT2D eigenvalue weighted by Crippen LogP contribution is 2.62. The number of carboxylic acid groups (broad SMARTS) is 1. The van der Waals surface area contributed by atoms with Gasteiger partial charge in [-0.3, -0.25) is 4.79 Å². The molecule has 0 radical (unpaired) electrons. The Morgan fingerprint density at radius 1 is 1.38 bits per heavy atom. The van der Waals surface area contributed by atoms with Gasteiger partial charge in [-0.2, -0.15) is 0 Å². The molecule has 5 heteroatoms. The lowest BCUT2D eigenvalue weighted by Crippen LogP contribution is -2.23. The van der Waals surface area contributed by atoms with Crippen molar-refractivity contribution in [1.82, 2.24) is 4.98 Å². The average molecular weight is 327 g/mol. The second-order valence-corrected chi connectivity index (χ2v) is 6.07. The number of rotatable bonds is 6. The zero-order valence-corrected chi connectivity index (χ0v) is 14.1. The number of aryl methyl sites for hydroxylation is 1. The lowest BCUT2D eigenvalue weighted by atomic mass is 9.90. The molecule has 1 aromatic carbocycles. The number of carbonyl (C=O) groups is 1. The summed E-state index contributed by atoms with van der Waals surface area (Å²) in [5.41, 5.74) is 1.47. The summed E-state index contributed by atoms with van der Waals surface area (Å²) >= 11 is 0. The van der Waals surface area contributed by atoms with Gasteiger partial charge < -0.3 is 14.6 Å². The second-order valence-electron chi connectivity index (χ2n) is 6.07. The molecule has 1 saturated carbocycles. The summed E-state index contributed by atoms with van der Waals surface area (Å²) in [5.74, 6) is 0.0926. The smallest absolute Gasteiger partial charge is 0.314 e. The number of benzene rings is 1. The molecule has 1 aliphatic carbocycles. The summed E-state index contributed by atoms with van der Waals surface area (Å²) in [7, 11) is 1.56. The highest BCUT2D eigenvalue weighted by atomic mass is 16.5. The minimum Gasteiger partial charge on any atom is -0.496 e. The van der Waals surface area contributed by atoms with Crippen LogP contribution in [0, 0.1) is 6.92 Å². The van der Waals surface area contributed by atoms with Gasteiger partial charge in [-0.1, -0.05) is 23.8 Å². The van der Waals surface area contributed by atoms with Crippen molar-refractivity contribution < 1.29 is 19.4 Å². The molecule has 126 valence electrons. The van der Waals surface area contributed by atoms with Gasteiger partial charge in [0.1, 0.15) is 11.2 Å². The maximum atomic E-state index is 12.1. The SMILES string of the molecule is CCOc1cccc([C@@H]2C[C@]2(C(=O)O)c2cc(C)ccc2OC)n1. The van der Waals surface area contributed by atoms with Crippen LogP contribution in [0.5, 0.6) is 11.6 Å². The van der Waals surface area contributed by atoms with Crippen molar-refractivity contribution in [2.24, 2.45) is 0 Å². The van der Waals surface area contributed by atoms with Gasteiger partial charge in [0.05, 0.1) is 13.7 Å². The number of aliphatic carboxylic acids is 1. The van der Waals surface area contributed by atoms with E-state index < -0.39 is 11.4 Å². The van der Waals surface area contributed by atoms with Crippen LogP contribution in [-0.2, 0) is 10.2 Å². The molecule has 0 amide bonds. The fraction of sp³-hybridized carbons (Fsp3) is 0.368. The average Bonchev–Trinajstić information content (AvgIpc) is 3.32. The van der Waals surface area contributed by atoms with E-state index in [4.69, 9.17) is 9.47 Å². The minimum atomic E-state index is -0.991. The molecule has 0 unspecified atom stereocenters. The van der Waals surface area contributed by atoms with E-state index in [2.05, 4.69) is 4.98 Å². The van der Waals surface area contributed by atoms with E-state index in [1.807, 2.05) is 44.2 Å². The monoisotopic (exact) mass is 327 g/mol. The van der Waals surface area contributed by atoms with Gasteiger partial charge in [-0.25, -0.2) is 4.98 Å². The molecular weight excluding hydrogens is 306 g/mol. The molecule has 0 aliphatic heterocycles. The number of methoxy groups -OCH3 is 1. The van der Waals surface area contributed by atoms with Crippen molar-refractivity contribution in [3.05, 3.63) is 53.2 Å². The molecule has 0 spiro atoms. The lowest BCUT2D eigenvalue weighted by Gasteiger charge is -2.17. The molecule has 5 nitrogen and oxygen atoms in total. The molecule has 24 heavy (non-hydrogen) atoms. The van der Waals surface area contributed by atoms with E-state index in [-0.39, 0.29) is 5.92 Å². The van der Waals surface area contributed by atoms with E-state index in [0.717, 1.165) is 11.3 Å². The first-order valence-electron chi connectivity index (χ1n) is 8.01. The van der Waals surface area contributed by atoms with Gasteiger partial charge in [0, 0.05) is 23.2 Å². The Kier molecular flexibility index (Phi) is 4.18. The van der Waals surface area contributed by atoms with Crippen LogP contribution in [0.4, 0.5) is 0 Å². The Bertz CT molecular complexity index is 774. The maximum Gasteiger partial charge on any atom is 0.314 e. The van der Waals surface area contributed by atoms with Crippen LogP contribution >= 0.6 is 0 Å². The fourth-order valence-corrected chi connectivity index (χ4v) is 3.29. The lowest BCUT2D eigenvalue weighted by molar-refractivity contribution is -0.140. The Morgan fingerprint density at radius 3 is 2.83 bits per heavy atom. The summed E-state index contributed by atoms with van der Waals surface area (Å²) in [4.78, 5) is 16.6. The molecule has 2 aromatic rings. The Balaban J connectivity index is 2.03. The summed E-state index contributed by atoms with van der Waals surface area (Å²) < 4.78 is 10.9. The van der Waals surface area contributed by atoms with Crippen molar-refractivity contribution in [2.45, 2.75) is 31.6 Å². The maximum absolute atomic E-state index is 12.1. The molecular formula is C19H21NO4. The zero-order chi connectivity index (χ0) is 17.3. The van der Waals surface area contributed by atoms with Gasteiger partial charge in [0.2, 0.25) is 5.88 Å². The predicted molar refractivity (Wildman–Crippen MR) is 89.8 cm³/mol. The summed E-state index contributed by atoms with van der Waals surface area (Å²) in [5, 5.41) is 9.96. The van der Waals surface area contributed by atoms with Crippen molar-refractivity contribution in [3.63, 3.8) is 0 Å². The van der Waals surface area contributed by atoms with Gasteiger partial charge in [-0.15, -0.1) is 0 Å². The molecule has 2 atom stereocenters. The third kappa shape index (κ3) is 2.60. The standard InChI is InChI=1S/C19H21NO4/c1-4-24-17-7-5-6-15(20-17)14-11-19(14,18(21)22)13-10-12(2)8-9-16(13)23-3/h5-10,14H,4,11H2,1-3H3,(H,21,22)/t14-,19-/m0/s1. The van der Waals surface area contributed by atoms with Crippen LogP contribution in [0.15, 0.2) is 36.4 Å². The van der Waals surface area contributed by atoms with Crippen molar-refractivity contribution >= 4 is 5.97 Å². The number of aromatic nitrogens is 1. The molecule has 1 aromatic heterocycles. The number of pyridine rings is 1. The van der Waals surface area contributed by atoms with E-state index in [9.17, 15) is 9.90 Å². The quantitative estimate of drug-likeness (QED) is 0.881. The van der Waals surface area contributed by atoms with E-state index >= 15 is 0 Å². The zero-order valence-electron chi connectivity index (χ0n) is 14.1. The van der Waals surface area contributed by atoms with Crippen molar-refractivity contribution in [3.8, 4) is 11.6 Å². The van der Waals surface area contributed by atoms with Gasteiger partial charge in [0.25, 0.3) is 0 Å². The number of carboxylic acids is 1. The Hall–Kier alpha value is -2.56. The van der Waals surface area contributed by atoms with Crippen LogP contribution in [-0.4, -0.2) is 29.8 Å². The van der Waals surface area contributed by atoms with Crippen LogP contribution in [0.3, 0.4) is 0 Å². The summed E-state index contributed by atoms with van der Waals surface area (Å²) in [6.45, 7) is 4.37. The van der Waals surface area contributed by atoms with Crippen LogP contribution in [0.2, 0.25) is 0 Å². The number of ether oxygens (including phenoxy) is 2. The molecule has 1 N–H and O–H groups in total. The van der Waals surface area contributed by atoms with E-state index in [1.165, 1.54) is 0 Å². The molecule has 0 bridgehead atoms. The third-order valence-electron chi connectivity index (χ3n) is 4.57. The van der Waals surface area contributed by atoms with Gasteiger partial charge in [0.15, 0.2) is 0 Å². The summed E-state index contributed by atoms with van der Waals surface area (Å²) in [6.07, 6.45) is 0.505. The molecule has 3 rings (SSSR count). The predicted octanol–water partition coefficient (Wildman–Crippen LogP) is 3.31. The van der Waals surface area contributed by atoms with Crippen LogP contribution in [0.25, 0.3) is 0 Å². The first kappa shape index (κ1) is 16.3. The van der Waals surface area contributed by atoms with Gasteiger partial charge in [-0.05, 0) is 32.4 Å². The van der Waals surface area contributed by atoms with E-state index in [1.54, 1.807) is 13.2 Å². The molecule has 0 saturated heterocycles. The van der Waals surface area contributed by atoms with Crippen LogP contribution < -0.4 is 9.47 Å². The first-order valence-corrected chi connectivity index (χ1v) is 8.01. The van der Waals surface area contributed by atoms with Gasteiger partial charge >= 0.3 is 5.97 Å². The molecule has 1 heterocycles. The highest BCUT2D eigenvalue weighted by Gasteiger charge is 2.64. The number of hydrogen-bond acceptors (Lipinski definition) is 4. The minimum absolute atomic E-state index is 0.189. The Labute approximate surface area is 141 Å². The van der Waals surface area contributed by atoms with Crippen molar-refractivity contribution in [2.75, 3.05) is 13.7 Å². The van der Waals surface area contributed by atoms with E-state index in [0.29, 0.717) is 30.2 Å².